The normalized spacial score (nSPS) is 23.1. The predicted molar refractivity (Wildman–Crippen MR) is 103 cm³/mol. The summed E-state index contributed by atoms with van der Waals surface area (Å²) in [5.74, 6) is 1.35. The summed E-state index contributed by atoms with van der Waals surface area (Å²) in [5, 5.41) is 0.797. The highest BCUT2D eigenvalue weighted by Gasteiger charge is 2.38. The number of sulfone groups is 1. The Morgan fingerprint density at radius 3 is 2.50 bits per heavy atom. The molecule has 26 heavy (non-hydrogen) atoms. The fraction of sp³-hybridized carbons (Fsp3) is 0.722. The summed E-state index contributed by atoms with van der Waals surface area (Å²) >= 11 is 1.42. The molecular formula is C18H27N3O3S2. The van der Waals surface area contributed by atoms with Gasteiger partial charge in [-0.1, -0.05) is 31.0 Å². The summed E-state index contributed by atoms with van der Waals surface area (Å²) in [6, 6.07) is 1.91. The van der Waals surface area contributed by atoms with Gasteiger partial charge in [-0.25, -0.2) is 18.4 Å². The van der Waals surface area contributed by atoms with Crippen LogP contribution in [-0.2, 0) is 14.6 Å². The lowest BCUT2D eigenvalue weighted by molar-refractivity contribution is -0.133. The molecule has 0 spiro atoms. The van der Waals surface area contributed by atoms with Crippen LogP contribution >= 0.6 is 11.8 Å². The highest BCUT2D eigenvalue weighted by molar-refractivity contribution is 7.99. The number of aromatic nitrogens is 2. The Morgan fingerprint density at radius 1 is 1.15 bits per heavy atom. The second-order valence-electron chi connectivity index (χ2n) is 7.33. The molecule has 144 valence electrons. The Labute approximate surface area is 160 Å². The van der Waals surface area contributed by atoms with Crippen molar-refractivity contribution >= 4 is 27.5 Å². The monoisotopic (exact) mass is 397 g/mol. The van der Waals surface area contributed by atoms with E-state index in [0.29, 0.717) is 18.0 Å². The van der Waals surface area contributed by atoms with Crippen molar-refractivity contribution < 1.29 is 13.2 Å². The molecule has 1 aliphatic heterocycles. The first-order valence-electron chi connectivity index (χ1n) is 9.31. The third kappa shape index (κ3) is 4.97. The van der Waals surface area contributed by atoms with Crippen molar-refractivity contribution in [2.75, 3.05) is 17.3 Å². The molecule has 1 aromatic rings. The van der Waals surface area contributed by atoms with Gasteiger partial charge in [-0.05, 0) is 39.2 Å². The van der Waals surface area contributed by atoms with Crippen LogP contribution < -0.4 is 0 Å². The van der Waals surface area contributed by atoms with E-state index in [4.69, 9.17) is 0 Å². The van der Waals surface area contributed by atoms with E-state index in [9.17, 15) is 13.2 Å². The molecule has 0 bridgehead atoms. The second kappa shape index (κ2) is 8.25. The number of amides is 1. The van der Waals surface area contributed by atoms with Gasteiger partial charge in [-0.15, -0.1) is 0 Å². The van der Waals surface area contributed by atoms with Gasteiger partial charge in [0.2, 0.25) is 5.91 Å². The highest BCUT2D eigenvalue weighted by Crippen LogP contribution is 2.29. The van der Waals surface area contributed by atoms with Gasteiger partial charge in [0.05, 0.1) is 17.3 Å². The van der Waals surface area contributed by atoms with Crippen molar-refractivity contribution in [3.63, 3.8) is 0 Å². The molecule has 1 aromatic heterocycles. The number of rotatable bonds is 5. The van der Waals surface area contributed by atoms with Crippen LogP contribution in [0.4, 0.5) is 0 Å². The lowest BCUT2D eigenvalue weighted by atomic mass is 9.93. The number of aryl methyl sites for hydroxylation is 2. The van der Waals surface area contributed by atoms with Crippen LogP contribution in [0, 0.1) is 13.8 Å². The average Bonchev–Trinajstić information content (AvgIpc) is 2.93. The summed E-state index contributed by atoms with van der Waals surface area (Å²) in [7, 11) is -3.01. The quantitative estimate of drug-likeness (QED) is 0.561. The van der Waals surface area contributed by atoms with Gasteiger partial charge >= 0.3 is 0 Å². The summed E-state index contributed by atoms with van der Waals surface area (Å²) in [4.78, 5) is 23.6. The van der Waals surface area contributed by atoms with E-state index in [2.05, 4.69) is 9.97 Å². The SMILES string of the molecule is Cc1cc(SCC(=O)N(C2CCCCC2)C2CCS(=O)(=O)C2)nc(C)n1. The molecule has 3 rings (SSSR count). The smallest absolute Gasteiger partial charge is 0.233 e. The Balaban J connectivity index is 1.71. The van der Waals surface area contributed by atoms with Crippen LogP contribution in [-0.4, -0.2) is 58.5 Å². The van der Waals surface area contributed by atoms with Crippen LogP contribution in [0.15, 0.2) is 11.1 Å². The van der Waals surface area contributed by atoms with Gasteiger partial charge in [0.1, 0.15) is 10.9 Å². The van der Waals surface area contributed by atoms with E-state index < -0.39 is 9.84 Å². The maximum absolute atomic E-state index is 13.1. The Bertz CT molecular complexity index is 741. The molecular weight excluding hydrogens is 370 g/mol. The lowest BCUT2D eigenvalue weighted by Gasteiger charge is -2.38. The first kappa shape index (κ1) is 19.6. The maximum atomic E-state index is 13.1. The van der Waals surface area contributed by atoms with E-state index in [1.165, 1.54) is 18.2 Å². The zero-order valence-corrected chi connectivity index (χ0v) is 17.1. The summed E-state index contributed by atoms with van der Waals surface area (Å²) in [5.41, 5.74) is 0.887. The number of carbonyl (C=O) groups is 1. The number of nitrogens with zero attached hydrogens (tertiary/aromatic N) is 3. The van der Waals surface area contributed by atoms with Gasteiger partial charge < -0.3 is 4.90 Å². The Morgan fingerprint density at radius 2 is 1.88 bits per heavy atom. The molecule has 6 nitrogen and oxygen atoms in total. The summed E-state index contributed by atoms with van der Waals surface area (Å²) in [6.07, 6.45) is 5.98. The zero-order chi connectivity index (χ0) is 18.7. The van der Waals surface area contributed by atoms with Crippen LogP contribution in [0.25, 0.3) is 0 Å². The second-order valence-corrected chi connectivity index (χ2v) is 10.6. The molecule has 1 unspecified atom stereocenters. The highest BCUT2D eigenvalue weighted by atomic mass is 32.2. The minimum absolute atomic E-state index is 0.0397. The van der Waals surface area contributed by atoms with Gasteiger partial charge in [0.15, 0.2) is 9.84 Å². The molecule has 2 fully saturated rings. The van der Waals surface area contributed by atoms with Crippen molar-refractivity contribution in [1.82, 2.24) is 14.9 Å². The Hall–Kier alpha value is -1.15. The first-order chi connectivity index (χ1) is 12.3. The number of thioether (sulfide) groups is 1. The summed E-state index contributed by atoms with van der Waals surface area (Å²) < 4.78 is 23.9. The molecule has 0 radical (unpaired) electrons. The van der Waals surface area contributed by atoms with E-state index >= 15 is 0 Å². The molecule has 1 amide bonds. The molecule has 2 heterocycles. The van der Waals surface area contributed by atoms with Crippen molar-refractivity contribution in [2.24, 2.45) is 0 Å². The van der Waals surface area contributed by atoms with Gasteiger partial charge in [-0.3, -0.25) is 4.79 Å². The zero-order valence-electron chi connectivity index (χ0n) is 15.5. The molecule has 8 heteroatoms. The van der Waals surface area contributed by atoms with Crippen molar-refractivity contribution in [2.45, 2.75) is 69.5 Å². The fourth-order valence-corrected chi connectivity index (χ4v) is 6.61. The van der Waals surface area contributed by atoms with Crippen LogP contribution in [0.1, 0.15) is 50.0 Å². The number of carbonyl (C=O) groups excluding carboxylic acids is 1. The minimum Gasteiger partial charge on any atom is -0.335 e. The van der Waals surface area contributed by atoms with E-state index in [-0.39, 0.29) is 29.5 Å². The maximum Gasteiger partial charge on any atom is 0.233 e. The van der Waals surface area contributed by atoms with E-state index in [0.717, 1.165) is 36.4 Å². The lowest BCUT2D eigenvalue weighted by Crippen LogP contribution is -2.49. The van der Waals surface area contributed by atoms with Gasteiger partial charge in [-0.2, -0.15) is 0 Å². The van der Waals surface area contributed by atoms with Crippen LogP contribution in [0.5, 0.6) is 0 Å². The summed E-state index contributed by atoms with van der Waals surface area (Å²) in [6.45, 7) is 3.76. The van der Waals surface area contributed by atoms with Crippen LogP contribution in [0.2, 0.25) is 0 Å². The molecule has 1 atom stereocenters. The molecule has 1 saturated heterocycles. The first-order valence-corrected chi connectivity index (χ1v) is 12.1. The van der Waals surface area contributed by atoms with Crippen molar-refractivity contribution in [3.8, 4) is 0 Å². The molecule has 2 aliphatic rings. The standard InChI is InChI=1S/C18H27N3O3S2/c1-13-10-17(20-14(2)19-13)25-11-18(22)21(15-6-4-3-5-7-15)16-8-9-26(23,24)12-16/h10,15-16H,3-9,11-12H2,1-2H3. The van der Waals surface area contributed by atoms with Crippen LogP contribution in [0.3, 0.4) is 0 Å². The average molecular weight is 398 g/mol. The molecule has 0 aromatic carbocycles. The number of hydrogen-bond donors (Lipinski definition) is 0. The van der Waals surface area contributed by atoms with Gasteiger partial charge in [0.25, 0.3) is 0 Å². The topological polar surface area (TPSA) is 80.2 Å². The van der Waals surface area contributed by atoms with Crippen molar-refractivity contribution in [3.05, 3.63) is 17.6 Å². The fourth-order valence-electron chi connectivity index (χ4n) is 4.03. The molecule has 1 saturated carbocycles. The minimum atomic E-state index is -3.01. The predicted octanol–water partition coefficient (Wildman–Crippen LogP) is 2.53. The molecule has 0 N–H and O–H groups in total. The third-order valence-corrected chi connectivity index (χ3v) is 7.79. The van der Waals surface area contributed by atoms with Crippen molar-refractivity contribution in [1.29, 1.82) is 0 Å². The molecule has 1 aliphatic carbocycles. The third-order valence-electron chi connectivity index (χ3n) is 5.14. The van der Waals surface area contributed by atoms with E-state index in [1.807, 2.05) is 24.8 Å². The van der Waals surface area contributed by atoms with E-state index in [1.54, 1.807) is 0 Å². The van der Waals surface area contributed by atoms with Gasteiger partial charge in [0, 0.05) is 17.8 Å². The Kier molecular flexibility index (Phi) is 6.22. The largest absolute Gasteiger partial charge is 0.335 e. The number of hydrogen-bond acceptors (Lipinski definition) is 6.